The van der Waals surface area contributed by atoms with Crippen molar-refractivity contribution in [3.05, 3.63) is 30.3 Å². The second-order valence-corrected chi connectivity index (χ2v) is 3.30. The maximum atomic E-state index is 5.55. The molecule has 1 unspecified atom stereocenters. The first kappa shape index (κ1) is 11.6. The molecule has 0 saturated heterocycles. The predicted molar refractivity (Wildman–Crippen MR) is 62.9 cm³/mol. The van der Waals surface area contributed by atoms with Crippen LogP contribution >= 0.6 is 0 Å². The van der Waals surface area contributed by atoms with Gasteiger partial charge < -0.3 is 10.1 Å². The van der Waals surface area contributed by atoms with Crippen LogP contribution in [0, 0.1) is 12.3 Å². The van der Waals surface area contributed by atoms with E-state index < -0.39 is 0 Å². The molecule has 1 N–H and O–H groups in total. The SMILES string of the molecule is C#CC(COc1ccccc1)NCCC. The molecule has 1 aromatic rings. The van der Waals surface area contributed by atoms with Gasteiger partial charge in [-0.3, -0.25) is 0 Å². The maximum Gasteiger partial charge on any atom is 0.119 e. The zero-order valence-corrected chi connectivity index (χ0v) is 9.07. The van der Waals surface area contributed by atoms with Crippen molar-refractivity contribution in [1.82, 2.24) is 5.32 Å². The van der Waals surface area contributed by atoms with Gasteiger partial charge in [0.15, 0.2) is 0 Å². The molecule has 0 heterocycles. The van der Waals surface area contributed by atoms with Crippen molar-refractivity contribution < 1.29 is 4.74 Å². The topological polar surface area (TPSA) is 21.3 Å². The Balaban J connectivity index is 2.32. The highest BCUT2D eigenvalue weighted by molar-refractivity contribution is 5.21. The standard InChI is InChI=1S/C13H17NO/c1-3-10-14-12(4-2)11-15-13-8-6-5-7-9-13/h2,5-9,12,14H,3,10-11H2,1H3. The number of ether oxygens (including phenoxy) is 1. The molecule has 0 aliphatic heterocycles. The van der Waals surface area contributed by atoms with E-state index in [1.807, 2.05) is 30.3 Å². The normalized spacial score (nSPS) is 11.7. The van der Waals surface area contributed by atoms with Crippen LogP contribution in [0.4, 0.5) is 0 Å². The highest BCUT2D eigenvalue weighted by Gasteiger charge is 2.03. The van der Waals surface area contributed by atoms with Gasteiger partial charge in [-0.15, -0.1) is 6.42 Å². The van der Waals surface area contributed by atoms with Crippen LogP contribution in [0.1, 0.15) is 13.3 Å². The number of para-hydroxylation sites is 1. The van der Waals surface area contributed by atoms with Crippen molar-refractivity contribution >= 4 is 0 Å². The Hall–Kier alpha value is -1.46. The van der Waals surface area contributed by atoms with Gasteiger partial charge in [0.1, 0.15) is 18.4 Å². The first-order valence-corrected chi connectivity index (χ1v) is 5.24. The Bertz CT molecular complexity index is 302. The fourth-order valence-electron chi connectivity index (χ4n) is 1.18. The second-order valence-electron chi connectivity index (χ2n) is 3.30. The summed E-state index contributed by atoms with van der Waals surface area (Å²) in [6.45, 7) is 3.55. The molecule has 0 aliphatic rings. The zero-order valence-electron chi connectivity index (χ0n) is 9.07. The minimum atomic E-state index is -0.00911. The summed E-state index contributed by atoms with van der Waals surface area (Å²) in [7, 11) is 0. The Kier molecular flexibility index (Phi) is 5.35. The summed E-state index contributed by atoms with van der Waals surface area (Å²) in [6, 6.07) is 9.69. The van der Waals surface area contributed by atoms with Crippen LogP contribution in [0.2, 0.25) is 0 Å². The van der Waals surface area contributed by atoms with Gasteiger partial charge in [-0.1, -0.05) is 31.0 Å². The molecular formula is C13H17NO. The molecule has 0 bridgehead atoms. The highest BCUT2D eigenvalue weighted by atomic mass is 16.5. The van der Waals surface area contributed by atoms with Crippen LogP contribution in [0.15, 0.2) is 30.3 Å². The minimum Gasteiger partial charge on any atom is -0.491 e. The van der Waals surface area contributed by atoms with Crippen molar-refractivity contribution in [2.24, 2.45) is 0 Å². The van der Waals surface area contributed by atoms with Crippen molar-refractivity contribution in [2.75, 3.05) is 13.2 Å². The second kappa shape index (κ2) is 6.92. The number of hydrogen-bond acceptors (Lipinski definition) is 2. The third kappa shape index (κ3) is 4.53. The number of terminal acetylenes is 1. The van der Waals surface area contributed by atoms with Crippen molar-refractivity contribution in [3.63, 3.8) is 0 Å². The van der Waals surface area contributed by atoms with Crippen LogP contribution in [0.3, 0.4) is 0 Å². The lowest BCUT2D eigenvalue weighted by molar-refractivity contribution is 0.290. The molecule has 2 heteroatoms. The van der Waals surface area contributed by atoms with Crippen LogP contribution in [0.25, 0.3) is 0 Å². The molecule has 1 rings (SSSR count). The van der Waals surface area contributed by atoms with E-state index in [-0.39, 0.29) is 6.04 Å². The lowest BCUT2D eigenvalue weighted by Gasteiger charge is -2.13. The Morgan fingerprint density at radius 1 is 1.40 bits per heavy atom. The summed E-state index contributed by atoms with van der Waals surface area (Å²) in [5, 5.41) is 3.23. The third-order valence-corrected chi connectivity index (χ3v) is 2.00. The van der Waals surface area contributed by atoms with Crippen LogP contribution in [0.5, 0.6) is 5.75 Å². The first-order chi connectivity index (χ1) is 7.36. The molecule has 15 heavy (non-hydrogen) atoms. The molecular weight excluding hydrogens is 186 g/mol. The van der Waals surface area contributed by atoms with Gasteiger partial charge in [0.05, 0.1) is 0 Å². The molecule has 0 amide bonds. The van der Waals surface area contributed by atoms with Gasteiger partial charge >= 0.3 is 0 Å². The third-order valence-electron chi connectivity index (χ3n) is 2.00. The molecule has 1 aromatic carbocycles. The highest BCUT2D eigenvalue weighted by Crippen LogP contribution is 2.08. The summed E-state index contributed by atoms with van der Waals surface area (Å²) in [4.78, 5) is 0. The summed E-state index contributed by atoms with van der Waals surface area (Å²) < 4.78 is 5.55. The van der Waals surface area contributed by atoms with Gasteiger partial charge in [-0.2, -0.15) is 0 Å². The molecule has 0 radical (unpaired) electrons. The van der Waals surface area contributed by atoms with E-state index in [1.165, 1.54) is 0 Å². The Labute approximate surface area is 91.6 Å². The maximum absolute atomic E-state index is 5.55. The number of hydrogen-bond donors (Lipinski definition) is 1. The minimum absolute atomic E-state index is 0.00911. The van der Waals surface area contributed by atoms with Crippen molar-refractivity contribution in [1.29, 1.82) is 0 Å². The smallest absolute Gasteiger partial charge is 0.119 e. The summed E-state index contributed by atoms with van der Waals surface area (Å²) in [5.41, 5.74) is 0. The van der Waals surface area contributed by atoms with E-state index in [0.717, 1.165) is 18.7 Å². The number of nitrogens with one attached hydrogen (secondary N) is 1. The fourth-order valence-corrected chi connectivity index (χ4v) is 1.18. The van der Waals surface area contributed by atoms with Gasteiger partial charge in [0, 0.05) is 0 Å². The summed E-state index contributed by atoms with van der Waals surface area (Å²) >= 11 is 0. The van der Waals surface area contributed by atoms with Gasteiger partial charge in [0.2, 0.25) is 0 Å². The quantitative estimate of drug-likeness (QED) is 0.715. The van der Waals surface area contributed by atoms with Crippen LogP contribution < -0.4 is 10.1 Å². The average molecular weight is 203 g/mol. The molecule has 2 nitrogen and oxygen atoms in total. The Morgan fingerprint density at radius 3 is 2.73 bits per heavy atom. The molecule has 0 fully saturated rings. The number of benzene rings is 1. The van der Waals surface area contributed by atoms with E-state index in [1.54, 1.807) is 0 Å². The van der Waals surface area contributed by atoms with E-state index in [9.17, 15) is 0 Å². The lowest BCUT2D eigenvalue weighted by Crippen LogP contribution is -2.33. The van der Waals surface area contributed by atoms with E-state index in [2.05, 4.69) is 18.2 Å². The molecule has 0 aliphatic carbocycles. The molecule has 0 saturated carbocycles. The van der Waals surface area contributed by atoms with Crippen LogP contribution in [-0.4, -0.2) is 19.2 Å². The van der Waals surface area contributed by atoms with Gasteiger partial charge in [0.25, 0.3) is 0 Å². The molecule has 80 valence electrons. The van der Waals surface area contributed by atoms with Gasteiger partial charge in [-0.05, 0) is 25.1 Å². The van der Waals surface area contributed by atoms with E-state index in [4.69, 9.17) is 11.2 Å². The summed E-state index contributed by atoms with van der Waals surface area (Å²) in [6.07, 6.45) is 6.46. The zero-order chi connectivity index (χ0) is 10.9. The predicted octanol–water partition coefficient (Wildman–Crippen LogP) is 2.07. The number of rotatable bonds is 6. The fraction of sp³-hybridized carbons (Fsp3) is 0.385. The largest absolute Gasteiger partial charge is 0.491 e. The molecule has 0 spiro atoms. The first-order valence-electron chi connectivity index (χ1n) is 5.24. The molecule has 0 aromatic heterocycles. The lowest BCUT2D eigenvalue weighted by atomic mass is 10.3. The van der Waals surface area contributed by atoms with Crippen molar-refractivity contribution in [3.8, 4) is 18.1 Å². The average Bonchev–Trinajstić information content (AvgIpc) is 2.31. The van der Waals surface area contributed by atoms with E-state index >= 15 is 0 Å². The van der Waals surface area contributed by atoms with Crippen molar-refractivity contribution in [2.45, 2.75) is 19.4 Å². The van der Waals surface area contributed by atoms with Crippen LogP contribution in [-0.2, 0) is 0 Å². The molecule has 1 atom stereocenters. The van der Waals surface area contributed by atoms with E-state index in [0.29, 0.717) is 6.61 Å². The monoisotopic (exact) mass is 203 g/mol. The Morgan fingerprint density at radius 2 is 2.13 bits per heavy atom. The van der Waals surface area contributed by atoms with Gasteiger partial charge in [-0.25, -0.2) is 0 Å². The summed E-state index contributed by atoms with van der Waals surface area (Å²) in [5.74, 6) is 3.53.